The number of hydrogen-bond acceptors (Lipinski definition) is 2. The average molecular weight is 342 g/mol. The molecular formula is C13H10BrClN2S. The van der Waals surface area contributed by atoms with Gasteiger partial charge in [-0.25, -0.2) is 0 Å². The first-order chi connectivity index (χ1) is 8.59. The molecule has 0 aliphatic rings. The van der Waals surface area contributed by atoms with Crippen LogP contribution in [0.3, 0.4) is 0 Å². The molecule has 92 valence electrons. The fourth-order valence-corrected chi connectivity index (χ4v) is 3.48. The summed E-state index contributed by atoms with van der Waals surface area (Å²) >= 11 is 11.0. The van der Waals surface area contributed by atoms with E-state index in [1.807, 2.05) is 42.5 Å². The van der Waals surface area contributed by atoms with Gasteiger partial charge in [0.15, 0.2) is 0 Å². The van der Waals surface area contributed by atoms with Gasteiger partial charge in [-0.2, -0.15) is 0 Å². The molecule has 2 nitrogen and oxygen atoms in total. The molecule has 0 bridgehead atoms. The van der Waals surface area contributed by atoms with Crippen molar-refractivity contribution in [1.29, 1.82) is 5.41 Å². The van der Waals surface area contributed by atoms with Gasteiger partial charge in [0.25, 0.3) is 0 Å². The van der Waals surface area contributed by atoms with E-state index in [1.165, 1.54) is 11.8 Å². The molecular weight excluding hydrogens is 332 g/mol. The number of halogens is 2. The first-order valence-corrected chi connectivity index (χ1v) is 7.13. The molecule has 0 aromatic heterocycles. The normalized spacial score (nSPS) is 10.3. The van der Waals surface area contributed by atoms with Gasteiger partial charge in [0.2, 0.25) is 0 Å². The summed E-state index contributed by atoms with van der Waals surface area (Å²) in [6.45, 7) is 0. The van der Waals surface area contributed by atoms with Gasteiger partial charge < -0.3 is 5.73 Å². The Hall–Kier alpha value is -0.970. The average Bonchev–Trinajstić information content (AvgIpc) is 2.31. The fraction of sp³-hybridized carbons (Fsp3) is 0. The van der Waals surface area contributed by atoms with Crippen LogP contribution in [0.4, 0.5) is 0 Å². The van der Waals surface area contributed by atoms with Crippen molar-refractivity contribution >= 4 is 45.1 Å². The monoisotopic (exact) mass is 340 g/mol. The lowest BCUT2D eigenvalue weighted by molar-refractivity contribution is 1.31. The van der Waals surface area contributed by atoms with Crippen LogP contribution in [0.5, 0.6) is 0 Å². The Kier molecular flexibility index (Phi) is 4.32. The van der Waals surface area contributed by atoms with Gasteiger partial charge in [-0.3, -0.25) is 5.41 Å². The topological polar surface area (TPSA) is 49.9 Å². The van der Waals surface area contributed by atoms with Gasteiger partial charge in [0.05, 0.1) is 5.02 Å². The molecule has 0 aliphatic carbocycles. The van der Waals surface area contributed by atoms with Crippen molar-refractivity contribution in [2.45, 2.75) is 9.79 Å². The molecule has 0 radical (unpaired) electrons. The molecule has 0 unspecified atom stereocenters. The number of hydrogen-bond donors (Lipinski definition) is 2. The number of amidine groups is 1. The third-order valence-electron chi connectivity index (χ3n) is 2.30. The second kappa shape index (κ2) is 5.78. The Morgan fingerprint density at radius 2 is 1.78 bits per heavy atom. The van der Waals surface area contributed by atoms with Crippen LogP contribution >= 0.6 is 39.3 Å². The van der Waals surface area contributed by atoms with Crippen LogP contribution in [0.25, 0.3) is 0 Å². The summed E-state index contributed by atoms with van der Waals surface area (Å²) in [4.78, 5) is 1.85. The fourth-order valence-electron chi connectivity index (χ4n) is 1.50. The minimum Gasteiger partial charge on any atom is -0.384 e. The van der Waals surface area contributed by atoms with Crippen LogP contribution in [0.15, 0.2) is 56.7 Å². The molecule has 0 saturated carbocycles. The van der Waals surface area contributed by atoms with Crippen molar-refractivity contribution in [2.24, 2.45) is 5.73 Å². The summed E-state index contributed by atoms with van der Waals surface area (Å²) in [5.41, 5.74) is 6.31. The SMILES string of the molecule is N=C(N)c1c(Br)cccc1Sc1ccccc1Cl. The number of benzene rings is 2. The lowest BCUT2D eigenvalue weighted by atomic mass is 10.2. The third kappa shape index (κ3) is 2.88. The molecule has 2 aromatic carbocycles. The van der Waals surface area contributed by atoms with Crippen molar-refractivity contribution in [1.82, 2.24) is 0 Å². The van der Waals surface area contributed by atoms with E-state index in [0.717, 1.165) is 14.3 Å². The first kappa shape index (κ1) is 13.5. The van der Waals surface area contributed by atoms with Crippen LogP contribution in [0.1, 0.15) is 5.56 Å². The molecule has 0 saturated heterocycles. The number of rotatable bonds is 3. The van der Waals surface area contributed by atoms with Crippen molar-refractivity contribution in [3.05, 3.63) is 57.5 Å². The maximum absolute atomic E-state index is 7.64. The van der Waals surface area contributed by atoms with E-state index >= 15 is 0 Å². The molecule has 18 heavy (non-hydrogen) atoms. The van der Waals surface area contributed by atoms with E-state index in [9.17, 15) is 0 Å². The maximum Gasteiger partial charge on any atom is 0.125 e. The Morgan fingerprint density at radius 3 is 2.44 bits per heavy atom. The summed E-state index contributed by atoms with van der Waals surface area (Å²) in [5.74, 6) is 0.0389. The number of nitrogens with one attached hydrogen (secondary N) is 1. The molecule has 0 aliphatic heterocycles. The summed E-state index contributed by atoms with van der Waals surface area (Å²) < 4.78 is 0.812. The Labute approximate surface area is 123 Å². The summed E-state index contributed by atoms with van der Waals surface area (Å²) in [6.07, 6.45) is 0. The zero-order valence-electron chi connectivity index (χ0n) is 9.28. The lowest BCUT2D eigenvalue weighted by Crippen LogP contribution is -2.13. The zero-order valence-corrected chi connectivity index (χ0v) is 12.4. The Balaban J connectivity index is 2.44. The molecule has 2 aromatic rings. The molecule has 2 rings (SSSR count). The van der Waals surface area contributed by atoms with Crippen LogP contribution < -0.4 is 5.73 Å². The van der Waals surface area contributed by atoms with E-state index < -0.39 is 0 Å². The van der Waals surface area contributed by atoms with E-state index in [0.29, 0.717) is 10.6 Å². The van der Waals surface area contributed by atoms with Crippen molar-refractivity contribution < 1.29 is 0 Å². The highest BCUT2D eigenvalue weighted by Crippen LogP contribution is 2.36. The molecule has 0 fully saturated rings. The first-order valence-electron chi connectivity index (χ1n) is 5.15. The minimum atomic E-state index is 0.0389. The van der Waals surface area contributed by atoms with Crippen LogP contribution in [0.2, 0.25) is 5.02 Å². The molecule has 0 atom stereocenters. The van der Waals surface area contributed by atoms with Gasteiger partial charge >= 0.3 is 0 Å². The summed E-state index contributed by atoms with van der Waals surface area (Å²) in [5, 5.41) is 8.33. The van der Waals surface area contributed by atoms with Gasteiger partial charge in [0, 0.05) is 19.8 Å². The molecule has 0 amide bonds. The van der Waals surface area contributed by atoms with E-state index in [2.05, 4.69) is 15.9 Å². The minimum absolute atomic E-state index is 0.0389. The van der Waals surface area contributed by atoms with Crippen molar-refractivity contribution in [3.63, 3.8) is 0 Å². The number of nitrogens with two attached hydrogens (primary N) is 1. The van der Waals surface area contributed by atoms with Gasteiger partial charge in [-0.1, -0.05) is 41.6 Å². The number of nitrogen functional groups attached to an aromatic ring is 1. The van der Waals surface area contributed by atoms with E-state index in [4.69, 9.17) is 22.7 Å². The van der Waals surface area contributed by atoms with E-state index in [1.54, 1.807) is 0 Å². The van der Waals surface area contributed by atoms with Gasteiger partial charge in [-0.15, -0.1) is 0 Å². The maximum atomic E-state index is 7.64. The Morgan fingerprint density at radius 1 is 1.11 bits per heavy atom. The van der Waals surface area contributed by atoms with Crippen LogP contribution in [-0.2, 0) is 0 Å². The van der Waals surface area contributed by atoms with Gasteiger partial charge in [0.1, 0.15) is 5.84 Å². The Bertz CT molecular complexity index is 601. The standard InChI is InChI=1S/C13H10BrClN2S/c14-8-4-3-7-11(12(8)13(16)17)18-10-6-2-1-5-9(10)15/h1-7H,(H3,16,17). The molecule has 0 spiro atoms. The van der Waals surface area contributed by atoms with Crippen molar-refractivity contribution in [3.8, 4) is 0 Å². The highest BCUT2D eigenvalue weighted by atomic mass is 79.9. The molecule has 0 heterocycles. The second-order valence-electron chi connectivity index (χ2n) is 3.56. The van der Waals surface area contributed by atoms with Crippen LogP contribution in [0, 0.1) is 5.41 Å². The third-order valence-corrected chi connectivity index (χ3v) is 4.54. The van der Waals surface area contributed by atoms with Crippen LogP contribution in [-0.4, -0.2) is 5.84 Å². The second-order valence-corrected chi connectivity index (χ2v) is 5.90. The quantitative estimate of drug-likeness (QED) is 0.636. The highest BCUT2D eigenvalue weighted by molar-refractivity contribution is 9.10. The molecule has 3 N–H and O–H groups in total. The summed E-state index contributed by atoms with van der Waals surface area (Å²) in [7, 11) is 0. The predicted octanol–water partition coefficient (Wildman–Crippen LogP) is 4.54. The largest absolute Gasteiger partial charge is 0.384 e. The smallest absolute Gasteiger partial charge is 0.125 e. The lowest BCUT2D eigenvalue weighted by Gasteiger charge is -2.10. The zero-order chi connectivity index (χ0) is 13.1. The summed E-state index contributed by atoms with van der Waals surface area (Å²) in [6, 6.07) is 13.3. The van der Waals surface area contributed by atoms with Crippen molar-refractivity contribution in [2.75, 3.05) is 0 Å². The van der Waals surface area contributed by atoms with Gasteiger partial charge in [-0.05, 0) is 40.2 Å². The predicted molar refractivity (Wildman–Crippen MR) is 80.7 cm³/mol. The van der Waals surface area contributed by atoms with E-state index in [-0.39, 0.29) is 5.84 Å². The highest BCUT2D eigenvalue weighted by Gasteiger charge is 2.11. The molecule has 5 heteroatoms.